The van der Waals surface area contributed by atoms with Crippen molar-refractivity contribution < 1.29 is 19.4 Å². The molecule has 4 aliphatic carbocycles. The fourth-order valence-electron chi connectivity index (χ4n) is 8.35. The van der Waals surface area contributed by atoms with E-state index in [2.05, 4.69) is 19.9 Å². The van der Waals surface area contributed by atoms with Crippen LogP contribution in [-0.4, -0.2) is 35.0 Å². The fraction of sp³-hybridized carbons (Fsp3) is 0.783. The first-order chi connectivity index (χ1) is 12.8. The van der Waals surface area contributed by atoms with Crippen LogP contribution in [0.2, 0.25) is 0 Å². The molecule has 0 unspecified atom stereocenters. The third-order valence-electron chi connectivity index (χ3n) is 9.75. The van der Waals surface area contributed by atoms with Gasteiger partial charge in [0.15, 0.2) is 0 Å². The molecule has 0 aromatic carbocycles. The Balaban J connectivity index is 1.37. The predicted molar refractivity (Wildman–Crippen MR) is 99.8 cm³/mol. The van der Waals surface area contributed by atoms with E-state index < -0.39 is 0 Å². The summed E-state index contributed by atoms with van der Waals surface area (Å²) in [6.07, 6.45) is 12.6. The molecule has 0 aromatic rings. The van der Waals surface area contributed by atoms with E-state index in [9.17, 15) is 9.90 Å². The van der Waals surface area contributed by atoms with Gasteiger partial charge >= 0.3 is 5.97 Å². The number of ether oxygens (including phenoxy) is 2. The first-order valence-electron chi connectivity index (χ1n) is 10.8. The Kier molecular flexibility index (Phi) is 3.04. The van der Waals surface area contributed by atoms with Gasteiger partial charge in [-0.25, -0.2) is 4.79 Å². The largest absolute Gasteiger partial charge is 0.458 e. The second-order valence-corrected chi connectivity index (χ2v) is 10.5. The van der Waals surface area contributed by atoms with E-state index in [0.717, 1.165) is 44.1 Å². The molecule has 6 aliphatic rings. The summed E-state index contributed by atoms with van der Waals surface area (Å²) >= 11 is 0. The zero-order valence-electron chi connectivity index (χ0n) is 16.4. The molecule has 4 heteroatoms. The number of epoxide rings is 1. The molecule has 7 atom stereocenters. The molecule has 1 N–H and O–H groups in total. The highest BCUT2D eigenvalue weighted by Gasteiger charge is 2.85. The minimum absolute atomic E-state index is 0.000685. The minimum Gasteiger partial charge on any atom is -0.458 e. The third kappa shape index (κ3) is 1.76. The summed E-state index contributed by atoms with van der Waals surface area (Å²) in [5, 5.41) is 10.2. The van der Waals surface area contributed by atoms with Crippen LogP contribution >= 0.6 is 0 Å². The van der Waals surface area contributed by atoms with Gasteiger partial charge in [-0.15, -0.1) is 0 Å². The molecular weight excluding hydrogens is 340 g/mol. The predicted octanol–water partition coefficient (Wildman–Crippen LogP) is 3.68. The van der Waals surface area contributed by atoms with Gasteiger partial charge in [0.1, 0.15) is 17.8 Å². The topological polar surface area (TPSA) is 59.1 Å². The smallest absolute Gasteiger partial charge is 0.331 e. The first-order valence-corrected chi connectivity index (χ1v) is 10.8. The van der Waals surface area contributed by atoms with Crippen LogP contribution in [0.3, 0.4) is 0 Å². The van der Waals surface area contributed by atoms with Gasteiger partial charge in [-0.3, -0.25) is 0 Å². The van der Waals surface area contributed by atoms with Gasteiger partial charge in [0, 0.05) is 17.1 Å². The Labute approximate surface area is 161 Å². The molecule has 1 saturated heterocycles. The molecule has 4 fully saturated rings. The molecule has 0 radical (unpaired) electrons. The molecular formula is C23H30O4. The highest BCUT2D eigenvalue weighted by molar-refractivity contribution is 5.87. The Hall–Kier alpha value is -1.13. The number of cyclic esters (lactones) is 1. The number of esters is 1. The number of carbonyl (C=O) groups is 1. The third-order valence-corrected chi connectivity index (χ3v) is 9.75. The molecule has 2 heterocycles. The second-order valence-electron chi connectivity index (χ2n) is 10.5. The van der Waals surface area contributed by atoms with Crippen molar-refractivity contribution >= 4 is 5.97 Å². The maximum Gasteiger partial charge on any atom is 0.331 e. The van der Waals surface area contributed by atoms with E-state index in [0.29, 0.717) is 23.9 Å². The molecule has 3 saturated carbocycles. The lowest BCUT2D eigenvalue weighted by atomic mass is 9.44. The molecule has 27 heavy (non-hydrogen) atoms. The van der Waals surface area contributed by atoms with Gasteiger partial charge in [-0.1, -0.05) is 19.9 Å². The van der Waals surface area contributed by atoms with Gasteiger partial charge in [0.05, 0.1) is 6.10 Å². The number of aliphatic hydroxyl groups is 1. The Bertz CT molecular complexity index is 798. The van der Waals surface area contributed by atoms with Crippen LogP contribution in [0.25, 0.3) is 0 Å². The van der Waals surface area contributed by atoms with Crippen LogP contribution in [0.5, 0.6) is 0 Å². The molecule has 2 spiro atoms. The van der Waals surface area contributed by atoms with Crippen LogP contribution in [0.4, 0.5) is 0 Å². The van der Waals surface area contributed by atoms with Crippen LogP contribution < -0.4 is 0 Å². The lowest BCUT2D eigenvalue weighted by molar-refractivity contribution is -0.134. The molecule has 2 aliphatic heterocycles. The van der Waals surface area contributed by atoms with Crippen molar-refractivity contribution in [2.75, 3.05) is 6.61 Å². The van der Waals surface area contributed by atoms with Gasteiger partial charge in [-0.05, 0) is 74.2 Å². The van der Waals surface area contributed by atoms with Crippen LogP contribution in [0.1, 0.15) is 65.2 Å². The zero-order valence-corrected chi connectivity index (χ0v) is 16.4. The highest BCUT2D eigenvalue weighted by Crippen LogP contribution is 2.80. The molecule has 4 nitrogen and oxygen atoms in total. The monoisotopic (exact) mass is 370 g/mol. The normalized spacial score (nSPS) is 55.5. The van der Waals surface area contributed by atoms with Crippen molar-refractivity contribution in [3.63, 3.8) is 0 Å². The Morgan fingerprint density at radius 3 is 2.78 bits per heavy atom. The summed E-state index contributed by atoms with van der Waals surface area (Å²) in [6.45, 7) is 5.28. The maximum atomic E-state index is 11.6. The van der Waals surface area contributed by atoms with Crippen LogP contribution in [0.15, 0.2) is 23.3 Å². The average Bonchev–Trinajstić information content (AvgIpc) is 2.94. The molecule has 146 valence electrons. The van der Waals surface area contributed by atoms with Crippen molar-refractivity contribution in [1.82, 2.24) is 0 Å². The van der Waals surface area contributed by atoms with E-state index >= 15 is 0 Å². The van der Waals surface area contributed by atoms with E-state index in [1.165, 1.54) is 18.4 Å². The lowest BCUT2D eigenvalue weighted by Gasteiger charge is -2.58. The number of hydrogen-bond acceptors (Lipinski definition) is 4. The van der Waals surface area contributed by atoms with Crippen molar-refractivity contribution in [2.45, 2.75) is 82.5 Å². The molecule has 0 amide bonds. The van der Waals surface area contributed by atoms with Crippen molar-refractivity contribution in [1.29, 1.82) is 0 Å². The second kappa shape index (κ2) is 4.88. The Morgan fingerprint density at radius 2 is 2.00 bits per heavy atom. The van der Waals surface area contributed by atoms with Gasteiger partial charge in [-0.2, -0.15) is 0 Å². The number of fused-ring (bicyclic) bond motifs is 2. The molecule has 0 bridgehead atoms. The fourth-order valence-corrected chi connectivity index (χ4v) is 8.35. The summed E-state index contributed by atoms with van der Waals surface area (Å²) in [7, 11) is 0. The summed E-state index contributed by atoms with van der Waals surface area (Å²) < 4.78 is 12.1. The van der Waals surface area contributed by atoms with Gasteiger partial charge in [0.25, 0.3) is 0 Å². The van der Waals surface area contributed by atoms with E-state index in [1.54, 1.807) is 6.08 Å². The van der Waals surface area contributed by atoms with Crippen LogP contribution in [0, 0.1) is 22.7 Å². The summed E-state index contributed by atoms with van der Waals surface area (Å²) in [5.41, 5.74) is 2.63. The summed E-state index contributed by atoms with van der Waals surface area (Å²) in [6, 6.07) is 0. The maximum absolute atomic E-state index is 11.6. The van der Waals surface area contributed by atoms with Gasteiger partial charge < -0.3 is 14.6 Å². The average molecular weight is 370 g/mol. The quantitative estimate of drug-likeness (QED) is 0.565. The van der Waals surface area contributed by atoms with E-state index in [1.807, 2.05) is 0 Å². The number of hydrogen-bond donors (Lipinski definition) is 1. The van der Waals surface area contributed by atoms with Crippen molar-refractivity contribution in [3.8, 4) is 0 Å². The summed E-state index contributed by atoms with van der Waals surface area (Å²) in [4.78, 5) is 11.6. The first kappa shape index (κ1) is 16.8. The lowest BCUT2D eigenvalue weighted by Crippen LogP contribution is -2.58. The minimum atomic E-state index is -0.204. The molecule has 6 rings (SSSR count). The SMILES string of the molecule is C[C@]12CC[C@H](O)C[C@H]1CC[C@@]13O[C@@]14CC=C(C1=CC(=O)OC1)[C@@]4(C)CC[C@H]23. The highest BCUT2D eigenvalue weighted by atomic mass is 16.6. The van der Waals surface area contributed by atoms with E-state index in [4.69, 9.17) is 9.47 Å². The molecule has 0 aromatic heterocycles. The van der Waals surface area contributed by atoms with Crippen LogP contribution in [-0.2, 0) is 14.3 Å². The summed E-state index contributed by atoms with van der Waals surface area (Å²) in [5.74, 6) is 1.04. The standard InChI is InChI=1S/C23H30O4/c1-20-7-4-16(24)12-15(20)3-9-22-18(20)6-8-21(2)17(5-10-23(21,22)27-22)14-11-19(25)26-13-14/h5,11,15-16,18,24H,3-4,6-10,12-13H2,1-2H3/t15-,16+,18-,20+,21-,22+,23-/m1/s1. The Morgan fingerprint density at radius 1 is 1.15 bits per heavy atom. The number of aliphatic hydroxyl groups excluding tert-OH is 1. The number of carbonyl (C=O) groups excluding carboxylic acids is 1. The van der Waals surface area contributed by atoms with Crippen molar-refractivity contribution in [2.24, 2.45) is 22.7 Å². The van der Waals surface area contributed by atoms with Crippen molar-refractivity contribution in [3.05, 3.63) is 23.3 Å². The zero-order chi connectivity index (χ0) is 18.7. The number of rotatable bonds is 1. The van der Waals surface area contributed by atoms with Gasteiger partial charge in [0.2, 0.25) is 0 Å². The van der Waals surface area contributed by atoms with E-state index in [-0.39, 0.29) is 28.7 Å².